The van der Waals surface area contributed by atoms with Crippen LogP contribution in [0.2, 0.25) is 5.02 Å². The van der Waals surface area contributed by atoms with Crippen molar-refractivity contribution < 1.29 is 4.79 Å². The first kappa shape index (κ1) is 14.4. The number of carbonyl (C=O) groups excluding carboxylic acids is 1. The molecule has 0 saturated heterocycles. The minimum atomic E-state index is -0.158. The van der Waals surface area contributed by atoms with Gasteiger partial charge in [-0.3, -0.25) is 4.79 Å². The van der Waals surface area contributed by atoms with Gasteiger partial charge >= 0.3 is 0 Å². The van der Waals surface area contributed by atoms with Crippen molar-refractivity contribution in [2.24, 2.45) is 0 Å². The quantitative estimate of drug-likeness (QED) is 0.846. The monoisotopic (exact) mass is 288 g/mol. The topological polar surface area (TPSA) is 55.1 Å². The highest BCUT2D eigenvalue weighted by molar-refractivity contribution is 6.31. The van der Waals surface area contributed by atoms with Crippen LogP contribution in [-0.4, -0.2) is 5.91 Å². The minimum absolute atomic E-state index is 0.138. The van der Waals surface area contributed by atoms with E-state index in [1.165, 1.54) is 0 Å². The van der Waals surface area contributed by atoms with Crippen LogP contribution in [0.1, 0.15) is 34.5 Å². The Labute approximate surface area is 123 Å². The molecule has 0 aliphatic carbocycles. The van der Waals surface area contributed by atoms with Crippen LogP contribution in [0.5, 0.6) is 0 Å². The fourth-order valence-electron chi connectivity index (χ4n) is 2.00. The molecular formula is C16H17ClN2O. The zero-order valence-corrected chi connectivity index (χ0v) is 12.2. The molecule has 0 radical (unpaired) electrons. The van der Waals surface area contributed by atoms with E-state index >= 15 is 0 Å². The first-order valence-electron chi connectivity index (χ1n) is 6.40. The molecule has 0 fully saturated rings. The summed E-state index contributed by atoms with van der Waals surface area (Å²) in [7, 11) is 0. The van der Waals surface area contributed by atoms with Gasteiger partial charge in [-0.1, -0.05) is 29.8 Å². The van der Waals surface area contributed by atoms with Crippen molar-refractivity contribution in [3.63, 3.8) is 0 Å². The molecule has 1 atom stereocenters. The maximum absolute atomic E-state index is 12.2. The Morgan fingerprint density at radius 1 is 1.25 bits per heavy atom. The molecule has 4 heteroatoms. The van der Waals surface area contributed by atoms with Crippen LogP contribution in [0.4, 0.5) is 5.69 Å². The Hall–Kier alpha value is -2.00. The summed E-state index contributed by atoms with van der Waals surface area (Å²) in [4.78, 5) is 12.2. The summed E-state index contributed by atoms with van der Waals surface area (Å²) in [5.74, 6) is -0.138. The number of aryl methyl sites for hydroxylation is 1. The van der Waals surface area contributed by atoms with Crippen molar-refractivity contribution in [1.82, 2.24) is 5.32 Å². The van der Waals surface area contributed by atoms with Gasteiger partial charge in [0.1, 0.15) is 0 Å². The van der Waals surface area contributed by atoms with Crippen LogP contribution in [0.25, 0.3) is 0 Å². The van der Waals surface area contributed by atoms with Crippen molar-refractivity contribution >= 4 is 23.2 Å². The van der Waals surface area contributed by atoms with Crippen molar-refractivity contribution in [2.75, 3.05) is 5.73 Å². The Kier molecular flexibility index (Phi) is 4.30. The van der Waals surface area contributed by atoms with Crippen molar-refractivity contribution in [1.29, 1.82) is 0 Å². The van der Waals surface area contributed by atoms with E-state index in [9.17, 15) is 4.79 Å². The SMILES string of the molecule is Cc1cc(C(=O)N[C@H](C)c2ccccc2Cl)ccc1N. The number of nitrogens with two attached hydrogens (primary N) is 1. The highest BCUT2D eigenvalue weighted by atomic mass is 35.5. The third kappa shape index (κ3) is 3.11. The van der Waals surface area contributed by atoms with Crippen LogP contribution in [0.3, 0.4) is 0 Å². The highest BCUT2D eigenvalue weighted by Gasteiger charge is 2.14. The summed E-state index contributed by atoms with van der Waals surface area (Å²) in [5, 5.41) is 3.58. The average Bonchev–Trinajstić information content (AvgIpc) is 2.42. The van der Waals surface area contributed by atoms with Gasteiger partial charge < -0.3 is 11.1 Å². The van der Waals surface area contributed by atoms with E-state index < -0.39 is 0 Å². The van der Waals surface area contributed by atoms with Gasteiger partial charge in [0, 0.05) is 16.3 Å². The van der Waals surface area contributed by atoms with E-state index in [0.717, 1.165) is 11.1 Å². The molecule has 0 heterocycles. The lowest BCUT2D eigenvalue weighted by atomic mass is 10.1. The number of amides is 1. The van der Waals surface area contributed by atoms with Crippen molar-refractivity contribution in [3.8, 4) is 0 Å². The van der Waals surface area contributed by atoms with Crippen molar-refractivity contribution in [3.05, 3.63) is 64.2 Å². The van der Waals surface area contributed by atoms with E-state index in [-0.39, 0.29) is 11.9 Å². The molecule has 0 aliphatic rings. The maximum Gasteiger partial charge on any atom is 0.251 e. The molecule has 0 unspecified atom stereocenters. The van der Waals surface area contributed by atoms with Gasteiger partial charge in [0.15, 0.2) is 0 Å². The third-order valence-corrected chi connectivity index (χ3v) is 3.60. The van der Waals surface area contributed by atoms with Gasteiger partial charge in [0.2, 0.25) is 0 Å². The van der Waals surface area contributed by atoms with E-state index in [1.54, 1.807) is 18.2 Å². The van der Waals surface area contributed by atoms with Gasteiger partial charge in [-0.25, -0.2) is 0 Å². The molecule has 0 aliphatic heterocycles. The second kappa shape index (κ2) is 5.97. The van der Waals surface area contributed by atoms with Gasteiger partial charge in [-0.05, 0) is 49.2 Å². The summed E-state index contributed by atoms with van der Waals surface area (Å²) < 4.78 is 0. The number of hydrogen-bond donors (Lipinski definition) is 2. The number of nitrogens with one attached hydrogen (secondary N) is 1. The number of carbonyl (C=O) groups is 1. The molecule has 2 rings (SSSR count). The van der Waals surface area contributed by atoms with Crippen LogP contribution in [-0.2, 0) is 0 Å². The second-order valence-electron chi connectivity index (χ2n) is 4.79. The van der Waals surface area contributed by atoms with Crippen LogP contribution >= 0.6 is 11.6 Å². The Morgan fingerprint density at radius 3 is 2.60 bits per heavy atom. The Morgan fingerprint density at radius 2 is 1.95 bits per heavy atom. The number of hydrogen-bond acceptors (Lipinski definition) is 2. The smallest absolute Gasteiger partial charge is 0.251 e. The number of halogens is 1. The molecule has 1 amide bonds. The van der Waals surface area contributed by atoms with Crippen LogP contribution in [0, 0.1) is 6.92 Å². The fourth-order valence-corrected chi connectivity index (χ4v) is 2.30. The molecule has 20 heavy (non-hydrogen) atoms. The normalized spacial score (nSPS) is 11.9. The van der Waals surface area contributed by atoms with Crippen LogP contribution in [0.15, 0.2) is 42.5 Å². The van der Waals surface area contributed by atoms with E-state index in [4.69, 9.17) is 17.3 Å². The molecule has 0 spiro atoms. The lowest BCUT2D eigenvalue weighted by Crippen LogP contribution is -2.26. The first-order valence-corrected chi connectivity index (χ1v) is 6.78. The number of anilines is 1. The Balaban J connectivity index is 2.15. The molecular weight excluding hydrogens is 272 g/mol. The largest absolute Gasteiger partial charge is 0.399 e. The summed E-state index contributed by atoms with van der Waals surface area (Å²) in [6, 6.07) is 12.6. The maximum atomic E-state index is 12.2. The highest BCUT2D eigenvalue weighted by Crippen LogP contribution is 2.22. The van der Waals surface area contributed by atoms with E-state index in [1.807, 2.05) is 38.1 Å². The van der Waals surface area contributed by atoms with E-state index in [0.29, 0.717) is 16.3 Å². The summed E-state index contributed by atoms with van der Waals surface area (Å²) in [6.07, 6.45) is 0. The van der Waals surface area contributed by atoms with Crippen molar-refractivity contribution in [2.45, 2.75) is 19.9 Å². The lowest BCUT2D eigenvalue weighted by molar-refractivity contribution is 0.0940. The molecule has 2 aromatic carbocycles. The number of nitrogen functional groups attached to an aromatic ring is 1. The molecule has 2 aromatic rings. The zero-order chi connectivity index (χ0) is 14.7. The average molecular weight is 289 g/mol. The summed E-state index contributed by atoms with van der Waals surface area (Å²) in [6.45, 7) is 3.78. The molecule has 0 bridgehead atoms. The summed E-state index contributed by atoms with van der Waals surface area (Å²) >= 11 is 6.13. The minimum Gasteiger partial charge on any atom is -0.399 e. The standard InChI is InChI=1S/C16H17ClN2O/c1-10-9-12(7-8-15(10)18)16(20)19-11(2)13-5-3-4-6-14(13)17/h3-9,11H,18H2,1-2H3,(H,19,20)/t11-/m1/s1. The predicted octanol–water partition coefficient (Wildman–Crippen LogP) is 3.72. The third-order valence-electron chi connectivity index (χ3n) is 3.25. The predicted molar refractivity (Wildman–Crippen MR) is 82.9 cm³/mol. The Bertz CT molecular complexity index is 640. The van der Waals surface area contributed by atoms with Gasteiger partial charge in [-0.2, -0.15) is 0 Å². The van der Waals surface area contributed by atoms with Crippen LogP contribution < -0.4 is 11.1 Å². The lowest BCUT2D eigenvalue weighted by Gasteiger charge is -2.16. The summed E-state index contributed by atoms with van der Waals surface area (Å²) in [5.41, 5.74) is 8.82. The molecule has 3 nitrogen and oxygen atoms in total. The van der Waals surface area contributed by atoms with Gasteiger partial charge in [0.05, 0.1) is 6.04 Å². The number of benzene rings is 2. The molecule has 104 valence electrons. The molecule has 0 saturated carbocycles. The van der Waals surface area contributed by atoms with Gasteiger partial charge in [0.25, 0.3) is 5.91 Å². The second-order valence-corrected chi connectivity index (χ2v) is 5.20. The first-order chi connectivity index (χ1) is 9.49. The molecule has 0 aromatic heterocycles. The molecule has 3 N–H and O–H groups in total. The fraction of sp³-hybridized carbons (Fsp3) is 0.188. The van der Waals surface area contributed by atoms with Gasteiger partial charge in [-0.15, -0.1) is 0 Å². The zero-order valence-electron chi connectivity index (χ0n) is 11.5. The number of rotatable bonds is 3. The van der Waals surface area contributed by atoms with E-state index in [2.05, 4.69) is 5.32 Å².